The number of fused-ring (bicyclic) bond motifs is 1. The number of benzene rings is 1. The van der Waals surface area contributed by atoms with Crippen LogP contribution in [0.25, 0.3) is 0 Å². The van der Waals surface area contributed by atoms with Gasteiger partial charge in [-0.05, 0) is 56.2 Å². The molecule has 1 spiro atoms. The molecule has 3 aliphatic rings. The lowest BCUT2D eigenvalue weighted by molar-refractivity contribution is -0.147. The molecule has 0 aromatic heterocycles. The summed E-state index contributed by atoms with van der Waals surface area (Å²) in [6.45, 7) is 18.6. The van der Waals surface area contributed by atoms with Gasteiger partial charge in [0.2, 0.25) is 11.8 Å². The van der Waals surface area contributed by atoms with Crippen molar-refractivity contribution in [3.05, 3.63) is 54.6 Å². The first-order chi connectivity index (χ1) is 20.0. The zero-order valence-electron chi connectivity index (χ0n) is 25.6. The number of alkyl halides is 1. The predicted octanol–water partition coefficient (Wildman–Crippen LogP) is 4.40. The topological polar surface area (TPSA) is 90.4 Å². The van der Waals surface area contributed by atoms with E-state index < -0.39 is 35.6 Å². The summed E-state index contributed by atoms with van der Waals surface area (Å²) in [5.74, 6) is -2.13. The minimum Gasteiger partial charge on any atom is -0.394 e. The second kappa shape index (κ2) is 13.0. The molecule has 3 heterocycles. The van der Waals surface area contributed by atoms with Gasteiger partial charge < -0.3 is 24.5 Å². The van der Waals surface area contributed by atoms with Crippen LogP contribution in [0.3, 0.4) is 0 Å². The number of carbonyl (C=O) groups is 3. The molecule has 3 amide bonds. The molecule has 7 atom stereocenters. The third-order valence-corrected chi connectivity index (χ3v) is 9.83. The van der Waals surface area contributed by atoms with E-state index in [9.17, 15) is 19.5 Å². The van der Waals surface area contributed by atoms with Crippen LogP contribution in [0.15, 0.2) is 43.5 Å². The number of aryl methyl sites for hydroxylation is 2. The highest BCUT2D eigenvalue weighted by Crippen LogP contribution is 2.61. The smallest absolute Gasteiger partial charge is 0.253 e. The number of rotatable bonds is 13. The van der Waals surface area contributed by atoms with Crippen LogP contribution in [0.5, 0.6) is 0 Å². The van der Waals surface area contributed by atoms with E-state index in [4.69, 9.17) is 4.74 Å². The summed E-state index contributed by atoms with van der Waals surface area (Å²) in [6, 6.07) is 4.34. The lowest BCUT2D eigenvalue weighted by Crippen LogP contribution is -2.59. The van der Waals surface area contributed by atoms with E-state index in [0.29, 0.717) is 25.9 Å². The summed E-state index contributed by atoms with van der Waals surface area (Å²) in [7, 11) is 0. The molecule has 9 heteroatoms. The molecule has 2 bridgehead atoms. The van der Waals surface area contributed by atoms with Crippen LogP contribution < -0.4 is 4.90 Å². The van der Waals surface area contributed by atoms with Gasteiger partial charge in [0.25, 0.3) is 5.91 Å². The number of halogens is 1. The van der Waals surface area contributed by atoms with Crippen molar-refractivity contribution in [3.8, 4) is 0 Å². The molecule has 0 aliphatic carbocycles. The molecule has 0 saturated carbocycles. The number of hydrogen-bond acceptors (Lipinski definition) is 5. The van der Waals surface area contributed by atoms with Gasteiger partial charge in [-0.25, -0.2) is 0 Å². The van der Waals surface area contributed by atoms with Gasteiger partial charge in [0.1, 0.15) is 11.6 Å². The molecule has 42 heavy (non-hydrogen) atoms. The molecule has 8 nitrogen and oxygen atoms in total. The normalized spacial score (nSPS) is 28.6. The van der Waals surface area contributed by atoms with Gasteiger partial charge in [-0.2, -0.15) is 0 Å². The van der Waals surface area contributed by atoms with Crippen molar-refractivity contribution in [2.45, 2.75) is 82.5 Å². The fraction of sp³-hybridized carbons (Fsp3) is 0.606. The second-order valence-electron chi connectivity index (χ2n) is 12.5. The number of carbonyl (C=O) groups excluding carboxylic acids is 3. The average Bonchev–Trinajstić information content (AvgIpc) is 3.54. The van der Waals surface area contributed by atoms with Gasteiger partial charge in [0, 0.05) is 30.1 Å². The van der Waals surface area contributed by atoms with Gasteiger partial charge in [-0.3, -0.25) is 14.4 Å². The third-order valence-electron chi connectivity index (χ3n) is 8.98. The van der Waals surface area contributed by atoms with Crippen molar-refractivity contribution >= 4 is 39.3 Å². The molecule has 1 aromatic rings. The molecule has 1 aromatic carbocycles. The van der Waals surface area contributed by atoms with E-state index in [1.54, 1.807) is 26.9 Å². The van der Waals surface area contributed by atoms with Crippen molar-refractivity contribution < 1.29 is 24.2 Å². The number of hydrogen-bond donors (Lipinski definition) is 1. The highest BCUT2D eigenvalue weighted by atomic mass is 79.9. The first kappa shape index (κ1) is 32.4. The van der Waals surface area contributed by atoms with Crippen molar-refractivity contribution in [1.82, 2.24) is 9.80 Å². The Kier molecular flexibility index (Phi) is 10.1. The molecule has 3 saturated heterocycles. The molecule has 1 N–H and O–H groups in total. The highest BCUT2D eigenvalue weighted by Gasteiger charge is 2.77. The summed E-state index contributed by atoms with van der Waals surface area (Å²) in [5, 5.41) is 10.6. The van der Waals surface area contributed by atoms with Crippen LogP contribution >= 0.6 is 15.9 Å². The van der Waals surface area contributed by atoms with E-state index in [1.807, 2.05) is 52.8 Å². The van der Waals surface area contributed by atoms with E-state index >= 15 is 0 Å². The van der Waals surface area contributed by atoms with Crippen molar-refractivity contribution in [2.24, 2.45) is 17.8 Å². The van der Waals surface area contributed by atoms with Gasteiger partial charge in [-0.15, -0.1) is 13.2 Å². The Balaban J connectivity index is 1.88. The number of aliphatic hydroxyl groups excluding tert-OH is 1. The van der Waals surface area contributed by atoms with Crippen LogP contribution in [0, 0.1) is 31.6 Å². The summed E-state index contributed by atoms with van der Waals surface area (Å²) in [5.41, 5.74) is 1.46. The fourth-order valence-electron chi connectivity index (χ4n) is 7.36. The number of likely N-dealkylation sites (tertiary alicyclic amines) is 1. The minimum absolute atomic E-state index is 0.152. The Bertz CT molecular complexity index is 1220. The summed E-state index contributed by atoms with van der Waals surface area (Å²) in [6.07, 6.45) is 4.52. The maximum absolute atomic E-state index is 14.9. The molecule has 3 unspecified atom stereocenters. The Hall–Kier alpha value is -2.49. The molecule has 230 valence electrons. The standard InChI is InChI=1S/C33H46BrN3O5/c1-8-13-35(14-9-2)30(39)26-27-31(40)37(23(19-38)16-20(4)5)29(33(27)18-24(34)28(26)42-33)32(41)36(15-10-3)25-17-21(6)11-12-22(25)7/h8,10-12,17,20,23-24,26-29,38H,1,3,9,13-16,18-19H2,2,4-7H3/t23-,24?,26+,27+,28+,29?,33?/m1/s1. The van der Waals surface area contributed by atoms with Crippen molar-refractivity contribution in [1.29, 1.82) is 0 Å². The number of aliphatic hydroxyl groups is 1. The zero-order chi connectivity index (χ0) is 30.9. The SMILES string of the molecule is C=CCN(CCC)C(=O)[C@H]1[C@H]2C(=O)N([C@@H](CO)CC(C)C)C(C(=O)N(CC=C)c3cc(C)ccc3C)C23CC(Br)[C@@H]1O3. The van der Waals surface area contributed by atoms with E-state index in [1.165, 1.54) is 0 Å². The summed E-state index contributed by atoms with van der Waals surface area (Å²) < 4.78 is 6.75. The number of ether oxygens (including phenoxy) is 1. The van der Waals surface area contributed by atoms with Crippen molar-refractivity contribution in [2.75, 3.05) is 31.1 Å². The number of anilines is 1. The fourth-order valence-corrected chi connectivity index (χ4v) is 8.31. The molecule has 3 fully saturated rings. The quantitative estimate of drug-likeness (QED) is 0.254. The third kappa shape index (κ3) is 5.48. The Morgan fingerprint density at radius 3 is 2.50 bits per heavy atom. The molecule has 3 aliphatic heterocycles. The Morgan fingerprint density at radius 1 is 1.21 bits per heavy atom. The van der Waals surface area contributed by atoms with Gasteiger partial charge in [0.15, 0.2) is 0 Å². The second-order valence-corrected chi connectivity index (χ2v) is 13.7. The van der Waals surface area contributed by atoms with E-state index in [0.717, 1.165) is 23.2 Å². The van der Waals surface area contributed by atoms with Crippen LogP contribution in [-0.4, -0.2) is 87.5 Å². The first-order valence-corrected chi connectivity index (χ1v) is 16.0. The molecular formula is C33H46BrN3O5. The first-order valence-electron chi connectivity index (χ1n) is 15.1. The predicted molar refractivity (Wildman–Crippen MR) is 168 cm³/mol. The molecule has 0 radical (unpaired) electrons. The van der Waals surface area contributed by atoms with Gasteiger partial charge in [-0.1, -0.05) is 61.0 Å². The van der Waals surface area contributed by atoms with Crippen LogP contribution in [0.4, 0.5) is 5.69 Å². The number of nitrogens with zero attached hydrogens (tertiary/aromatic N) is 3. The maximum atomic E-state index is 14.9. The Morgan fingerprint density at radius 2 is 1.90 bits per heavy atom. The molecule has 4 rings (SSSR count). The monoisotopic (exact) mass is 643 g/mol. The van der Waals surface area contributed by atoms with E-state index in [2.05, 4.69) is 29.1 Å². The Labute approximate surface area is 258 Å². The van der Waals surface area contributed by atoms with E-state index in [-0.39, 0.29) is 41.6 Å². The van der Waals surface area contributed by atoms with Crippen LogP contribution in [0.1, 0.15) is 51.2 Å². The van der Waals surface area contributed by atoms with Crippen LogP contribution in [-0.2, 0) is 19.1 Å². The highest BCUT2D eigenvalue weighted by molar-refractivity contribution is 9.09. The largest absolute Gasteiger partial charge is 0.394 e. The lowest BCUT2D eigenvalue weighted by Gasteiger charge is -2.40. The van der Waals surface area contributed by atoms with Gasteiger partial charge in [0.05, 0.1) is 30.6 Å². The minimum atomic E-state index is -1.21. The van der Waals surface area contributed by atoms with Crippen LogP contribution in [0.2, 0.25) is 0 Å². The summed E-state index contributed by atoms with van der Waals surface area (Å²) >= 11 is 3.77. The zero-order valence-corrected chi connectivity index (χ0v) is 27.2. The summed E-state index contributed by atoms with van der Waals surface area (Å²) in [4.78, 5) is 48.4. The van der Waals surface area contributed by atoms with Gasteiger partial charge >= 0.3 is 0 Å². The van der Waals surface area contributed by atoms with Crippen molar-refractivity contribution in [3.63, 3.8) is 0 Å². The number of amides is 3. The lowest BCUT2D eigenvalue weighted by atomic mass is 9.70. The molecular weight excluding hydrogens is 598 g/mol. The maximum Gasteiger partial charge on any atom is 0.253 e. The average molecular weight is 645 g/mol.